The number of phenols is 1. The monoisotopic (exact) mass is 333 g/mol. The fourth-order valence-electron chi connectivity index (χ4n) is 1.80. The second-order valence-electron chi connectivity index (χ2n) is 4.43. The molecule has 2 rings (SSSR count). The Labute approximate surface area is 125 Å². The quantitative estimate of drug-likeness (QED) is 0.262. The first kappa shape index (κ1) is 16.5. The Hall–Kier alpha value is -2.84. The lowest BCUT2D eigenvalue weighted by atomic mass is 10.1. The molecule has 4 nitrogen and oxygen atoms in total. The van der Waals surface area contributed by atoms with E-state index in [0.717, 1.165) is 18.2 Å². The summed E-state index contributed by atoms with van der Waals surface area (Å²) in [5, 5.41) is 20.1. The molecule has 0 aromatic heterocycles. The molecule has 9 heteroatoms. The van der Waals surface area contributed by atoms with Gasteiger partial charge in [0.15, 0.2) is 29.6 Å². The Morgan fingerprint density at radius 2 is 1.70 bits per heavy atom. The summed E-state index contributed by atoms with van der Waals surface area (Å²) in [7, 11) is 0. The first-order chi connectivity index (χ1) is 10.7. The summed E-state index contributed by atoms with van der Waals surface area (Å²) in [6, 6.07) is 2.96. The third-order valence-electron chi connectivity index (χ3n) is 2.92. The molecular weight excluding hydrogens is 325 g/mol. The van der Waals surface area contributed by atoms with Crippen molar-refractivity contribution in [1.29, 1.82) is 0 Å². The van der Waals surface area contributed by atoms with Crippen molar-refractivity contribution >= 4 is 11.7 Å². The molecule has 0 spiro atoms. The molecule has 122 valence electrons. The summed E-state index contributed by atoms with van der Waals surface area (Å²) in [5.41, 5.74) is -1.91. The van der Waals surface area contributed by atoms with Gasteiger partial charge in [-0.25, -0.2) is 26.7 Å². The molecule has 2 aromatic rings. The normalized spacial score (nSPS) is 12.0. The van der Waals surface area contributed by atoms with Gasteiger partial charge < -0.3 is 15.5 Å². The van der Waals surface area contributed by atoms with Gasteiger partial charge in [-0.3, -0.25) is 0 Å². The number of anilines is 1. The Balaban J connectivity index is 2.35. The number of rotatable bonds is 4. The van der Waals surface area contributed by atoms with Crippen molar-refractivity contribution in [2.75, 3.05) is 5.32 Å². The van der Waals surface area contributed by atoms with Gasteiger partial charge in [-0.05, 0) is 24.3 Å². The third kappa shape index (κ3) is 3.17. The van der Waals surface area contributed by atoms with Gasteiger partial charge in [-0.15, -0.1) is 0 Å². The highest BCUT2D eigenvalue weighted by Gasteiger charge is 2.24. The van der Waals surface area contributed by atoms with E-state index in [1.807, 2.05) is 5.32 Å². The molecule has 0 saturated carbocycles. The van der Waals surface area contributed by atoms with Gasteiger partial charge in [0.05, 0.1) is 0 Å². The van der Waals surface area contributed by atoms with Crippen LogP contribution in [0.5, 0.6) is 5.75 Å². The van der Waals surface area contributed by atoms with Crippen LogP contribution in [0.1, 0.15) is 22.2 Å². The van der Waals surface area contributed by atoms with Crippen LogP contribution in [-0.4, -0.2) is 16.2 Å². The van der Waals surface area contributed by atoms with E-state index in [2.05, 4.69) is 0 Å². The van der Waals surface area contributed by atoms with Crippen molar-refractivity contribution in [3.05, 3.63) is 58.7 Å². The van der Waals surface area contributed by atoms with Gasteiger partial charge in [0, 0.05) is 11.3 Å². The number of alkyl halides is 1. The van der Waals surface area contributed by atoms with E-state index >= 15 is 0 Å². The van der Waals surface area contributed by atoms with Crippen molar-refractivity contribution < 1.29 is 37.0 Å². The van der Waals surface area contributed by atoms with Crippen molar-refractivity contribution in [1.82, 2.24) is 0 Å². The third-order valence-corrected chi connectivity index (χ3v) is 2.92. The summed E-state index contributed by atoms with van der Waals surface area (Å²) < 4.78 is 66.4. The second kappa shape index (κ2) is 6.11. The number of hydrogen-bond acceptors (Lipinski definition) is 3. The molecule has 0 fully saturated rings. The largest absolute Gasteiger partial charge is 0.507 e. The first-order valence-corrected chi connectivity index (χ1v) is 6.02. The van der Waals surface area contributed by atoms with E-state index in [1.54, 1.807) is 0 Å². The van der Waals surface area contributed by atoms with Gasteiger partial charge in [0.2, 0.25) is 0 Å². The molecule has 1 atom stereocenters. The number of nitrogens with one attached hydrogen (secondary N) is 1. The topological polar surface area (TPSA) is 69.6 Å². The average molecular weight is 333 g/mol. The summed E-state index contributed by atoms with van der Waals surface area (Å²) >= 11 is 0. The highest BCUT2D eigenvalue weighted by Crippen LogP contribution is 2.29. The summed E-state index contributed by atoms with van der Waals surface area (Å²) in [4.78, 5) is 10.8. The van der Waals surface area contributed by atoms with E-state index < -0.39 is 52.4 Å². The van der Waals surface area contributed by atoms with Crippen LogP contribution in [0.3, 0.4) is 0 Å². The smallest absolute Gasteiger partial charge is 0.339 e. The zero-order valence-electron chi connectivity index (χ0n) is 11.1. The number of aromatic hydroxyl groups is 1. The minimum absolute atomic E-state index is 0.143. The number of carboxylic acids is 1. The predicted molar refractivity (Wildman–Crippen MR) is 68.8 cm³/mol. The fourth-order valence-corrected chi connectivity index (χ4v) is 1.80. The maximum Gasteiger partial charge on any atom is 0.339 e. The number of carbonyl (C=O) groups is 1. The average Bonchev–Trinajstić information content (AvgIpc) is 2.50. The van der Waals surface area contributed by atoms with Crippen LogP contribution in [0.4, 0.5) is 27.6 Å². The Morgan fingerprint density at radius 3 is 2.30 bits per heavy atom. The van der Waals surface area contributed by atoms with Gasteiger partial charge in [-0.1, -0.05) is 0 Å². The van der Waals surface area contributed by atoms with Crippen LogP contribution >= 0.6 is 0 Å². The molecule has 0 aliphatic rings. The van der Waals surface area contributed by atoms with Gasteiger partial charge >= 0.3 is 5.97 Å². The van der Waals surface area contributed by atoms with E-state index in [1.165, 1.54) is 0 Å². The molecule has 0 aliphatic carbocycles. The molecule has 0 bridgehead atoms. The molecule has 0 radical (unpaired) electrons. The van der Waals surface area contributed by atoms with Crippen molar-refractivity contribution in [3.8, 4) is 5.75 Å². The van der Waals surface area contributed by atoms with Crippen LogP contribution in [0.15, 0.2) is 24.3 Å². The molecule has 3 N–H and O–H groups in total. The number of carboxylic acid groups (broad SMARTS) is 1. The maximum atomic E-state index is 14.0. The van der Waals surface area contributed by atoms with Gasteiger partial charge in [0.1, 0.15) is 11.3 Å². The van der Waals surface area contributed by atoms with E-state index in [-0.39, 0.29) is 11.8 Å². The lowest BCUT2D eigenvalue weighted by molar-refractivity contribution is 0.0693. The summed E-state index contributed by atoms with van der Waals surface area (Å²) in [6.45, 7) is 0. The lowest BCUT2D eigenvalue weighted by Gasteiger charge is -2.14. The summed E-state index contributed by atoms with van der Waals surface area (Å²) in [5.74, 6) is -10.0. The predicted octanol–water partition coefficient (Wildman–Crippen LogP) is 3.73. The number of aromatic carboxylic acids is 1. The zero-order chi connectivity index (χ0) is 17.3. The van der Waals surface area contributed by atoms with Crippen molar-refractivity contribution in [3.63, 3.8) is 0 Å². The standard InChI is InChI=1S/C14H8F5NO3/c15-8-4-7(10(16)12(18)11(8)17)13(19)20-5-1-2-9(21)6(3-5)14(22)23/h1-4,13,20-21H,(H,22,23). The molecule has 0 heterocycles. The zero-order valence-corrected chi connectivity index (χ0v) is 11.1. The van der Waals surface area contributed by atoms with Crippen molar-refractivity contribution in [2.45, 2.75) is 6.30 Å². The number of halogens is 5. The van der Waals surface area contributed by atoms with E-state index in [4.69, 9.17) is 5.11 Å². The van der Waals surface area contributed by atoms with Gasteiger partial charge in [0.25, 0.3) is 0 Å². The number of hydrogen-bond donors (Lipinski definition) is 3. The fraction of sp³-hybridized carbons (Fsp3) is 0.0714. The van der Waals surface area contributed by atoms with E-state index in [0.29, 0.717) is 0 Å². The molecule has 0 amide bonds. The minimum atomic E-state index is -2.49. The van der Waals surface area contributed by atoms with Crippen LogP contribution in [0.2, 0.25) is 0 Å². The summed E-state index contributed by atoms with van der Waals surface area (Å²) in [6.07, 6.45) is -2.49. The van der Waals surface area contributed by atoms with Crippen molar-refractivity contribution in [2.24, 2.45) is 0 Å². The van der Waals surface area contributed by atoms with Crippen LogP contribution in [0.25, 0.3) is 0 Å². The minimum Gasteiger partial charge on any atom is -0.507 e. The molecular formula is C14H8F5NO3. The maximum absolute atomic E-state index is 14.0. The molecule has 0 saturated heterocycles. The Kier molecular flexibility index (Phi) is 4.39. The highest BCUT2D eigenvalue weighted by molar-refractivity contribution is 5.92. The second-order valence-corrected chi connectivity index (χ2v) is 4.43. The van der Waals surface area contributed by atoms with E-state index in [9.17, 15) is 31.9 Å². The molecule has 1 unspecified atom stereocenters. The molecule has 2 aromatic carbocycles. The van der Waals surface area contributed by atoms with Crippen LogP contribution in [-0.2, 0) is 0 Å². The molecule has 0 aliphatic heterocycles. The Bertz CT molecular complexity index is 781. The lowest BCUT2D eigenvalue weighted by Crippen LogP contribution is -2.11. The first-order valence-electron chi connectivity index (χ1n) is 6.02. The van der Waals surface area contributed by atoms with Crippen LogP contribution < -0.4 is 5.32 Å². The SMILES string of the molecule is O=C(O)c1cc(NC(F)c2cc(F)c(F)c(F)c2F)ccc1O. The Morgan fingerprint density at radius 1 is 1.04 bits per heavy atom. The molecule has 23 heavy (non-hydrogen) atoms. The van der Waals surface area contributed by atoms with Crippen LogP contribution in [0, 0.1) is 23.3 Å². The van der Waals surface area contributed by atoms with Gasteiger partial charge in [-0.2, -0.15) is 0 Å². The highest BCUT2D eigenvalue weighted by atomic mass is 19.2. The number of benzene rings is 2.